The Morgan fingerprint density at radius 3 is 2.84 bits per heavy atom. The molecule has 0 aliphatic rings. The average Bonchev–Trinajstić information content (AvgIpc) is 2.88. The number of aryl methyl sites for hydroxylation is 1. The van der Waals surface area contributed by atoms with Crippen LogP contribution in [0.2, 0.25) is 0 Å². The summed E-state index contributed by atoms with van der Waals surface area (Å²) in [6, 6.07) is 13.0. The normalized spacial score (nSPS) is 11.1. The van der Waals surface area contributed by atoms with Gasteiger partial charge in [-0.1, -0.05) is 35.9 Å². The molecule has 1 aromatic carbocycles. The van der Waals surface area contributed by atoms with Crippen LogP contribution >= 0.6 is 11.3 Å². The molecule has 0 fully saturated rings. The fourth-order valence-electron chi connectivity index (χ4n) is 2.10. The van der Waals surface area contributed by atoms with E-state index in [4.69, 9.17) is 0 Å². The average molecular weight is 274 g/mol. The predicted octanol–water partition coefficient (Wildman–Crippen LogP) is 3.28. The van der Waals surface area contributed by atoms with E-state index in [1.165, 1.54) is 16.0 Å². The summed E-state index contributed by atoms with van der Waals surface area (Å²) in [4.78, 5) is 3.76. The summed E-state index contributed by atoms with van der Waals surface area (Å²) in [6.45, 7) is 6.24. The summed E-state index contributed by atoms with van der Waals surface area (Å²) < 4.78 is 0. The zero-order valence-corrected chi connectivity index (χ0v) is 12.5. The lowest BCUT2D eigenvalue weighted by molar-refractivity contribution is 0.324. The minimum absolute atomic E-state index is 0.982. The van der Waals surface area contributed by atoms with Crippen molar-refractivity contribution in [3.05, 3.63) is 57.8 Å². The van der Waals surface area contributed by atoms with Crippen LogP contribution in [0.15, 0.2) is 41.8 Å². The van der Waals surface area contributed by atoms with Crippen molar-refractivity contribution >= 4 is 11.3 Å². The molecule has 0 amide bonds. The van der Waals surface area contributed by atoms with Gasteiger partial charge in [0.2, 0.25) is 0 Å². The quantitative estimate of drug-likeness (QED) is 0.780. The van der Waals surface area contributed by atoms with Gasteiger partial charge in [0.05, 0.1) is 0 Å². The largest absolute Gasteiger partial charge is 0.311 e. The highest BCUT2D eigenvalue weighted by molar-refractivity contribution is 7.09. The van der Waals surface area contributed by atoms with Gasteiger partial charge in [0.1, 0.15) is 0 Å². The zero-order valence-electron chi connectivity index (χ0n) is 11.7. The van der Waals surface area contributed by atoms with Crippen molar-refractivity contribution in [1.29, 1.82) is 0 Å². The summed E-state index contributed by atoms with van der Waals surface area (Å²) >= 11 is 1.81. The molecule has 0 saturated heterocycles. The molecule has 0 aliphatic carbocycles. The first-order valence-electron chi connectivity index (χ1n) is 6.71. The molecule has 1 heterocycles. The van der Waals surface area contributed by atoms with Crippen LogP contribution in [0, 0.1) is 6.92 Å². The van der Waals surface area contributed by atoms with Gasteiger partial charge in [-0.05, 0) is 31.0 Å². The smallest absolute Gasteiger partial charge is 0.0300 e. The highest BCUT2D eigenvalue weighted by Crippen LogP contribution is 2.08. The van der Waals surface area contributed by atoms with Crippen molar-refractivity contribution in [3.63, 3.8) is 0 Å². The van der Waals surface area contributed by atoms with E-state index < -0.39 is 0 Å². The lowest BCUT2D eigenvalue weighted by Gasteiger charge is -2.17. The summed E-state index contributed by atoms with van der Waals surface area (Å²) in [6.07, 6.45) is 0. The molecule has 2 nitrogen and oxygen atoms in total. The van der Waals surface area contributed by atoms with E-state index in [0.717, 1.165) is 26.2 Å². The molecule has 0 unspecified atom stereocenters. The number of rotatable bonds is 7. The lowest BCUT2D eigenvalue weighted by Crippen LogP contribution is -2.28. The molecule has 102 valence electrons. The molecular weight excluding hydrogens is 252 g/mol. The van der Waals surface area contributed by atoms with E-state index in [1.54, 1.807) is 0 Å². The molecule has 19 heavy (non-hydrogen) atoms. The summed E-state index contributed by atoms with van der Waals surface area (Å²) in [5.41, 5.74) is 2.72. The lowest BCUT2D eigenvalue weighted by atomic mass is 10.1. The number of likely N-dealkylation sites (N-methyl/N-ethyl adjacent to an activating group) is 1. The second kappa shape index (κ2) is 7.43. The molecular formula is C16H22N2S. The van der Waals surface area contributed by atoms with E-state index in [2.05, 4.69) is 66.0 Å². The maximum atomic E-state index is 3.48. The monoisotopic (exact) mass is 274 g/mol. The zero-order chi connectivity index (χ0) is 13.5. The van der Waals surface area contributed by atoms with Crippen molar-refractivity contribution in [2.75, 3.05) is 20.1 Å². The first-order valence-corrected chi connectivity index (χ1v) is 7.59. The molecule has 0 saturated carbocycles. The van der Waals surface area contributed by atoms with Gasteiger partial charge in [0, 0.05) is 31.1 Å². The van der Waals surface area contributed by atoms with Crippen LogP contribution in [0.1, 0.15) is 16.0 Å². The first kappa shape index (κ1) is 14.3. The van der Waals surface area contributed by atoms with Gasteiger partial charge in [-0.25, -0.2) is 0 Å². The van der Waals surface area contributed by atoms with E-state index in [9.17, 15) is 0 Å². The molecule has 0 atom stereocenters. The second-order valence-corrected chi connectivity index (χ2v) is 6.02. The fraction of sp³-hybridized carbons (Fsp3) is 0.375. The van der Waals surface area contributed by atoms with Crippen LogP contribution in [0.25, 0.3) is 0 Å². The number of thiophene rings is 1. The van der Waals surface area contributed by atoms with Gasteiger partial charge in [-0.3, -0.25) is 0 Å². The molecule has 3 heteroatoms. The highest BCUT2D eigenvalue weighted by atomic mass is 32.1. The molecule has 2 rings (SSSR count). The summed E-state index contributed by atoms with van der Waals surface area (Å²) in [7, 11) is 2.18. The molecule has 0 radical (unpaired) electrons. The van der Waals surface area contributed by atoms with Crippen molar-refractivity contribution < 1.29 is 0 Å². The summed E-state index contributed by atoms with van der Waals surface area (Å²) in [5, 5.41) is 5.61. The van der Waals surface area contributed by atoms with Crippen molar-refractivity contribution in [2.45, 2.75) is 20.0 Å². The van der Waals surface area contributed by atoms with Gasteiger partial charge >= 0.3 is 0 Å². The van der Waals surface area contributed by atoms with E-state index in [1.807, 2.05) is 11.3 Å². The van der Waals surface area contributed by atoms with E-state index in [0.29, 0.717) is 0 Å². The molecule has 1 aromatic heterocycles. The Kier molecular flexibility index (Phi) is 5.58. The topological polar surface area (TPSA) is 15.3 Å². The maximum absolute atomic E-state index is 3.48. The van der Waals surface area contributed by atoms with Gasteiger partial charge in [0.25, 0.3) is 0 Å². The van der Waals surface area contributed by atoms with Gasteiger partial charge < -0.3 is 10.2 Å². The standard InChI is InChI=1S/C16H22N2S/c1-14-5-3-6-15(11-14)13-18(2)9-8-17-12-16-7-4-10-19-16/h3-7,10-11,17H,8-9,12-13H2,1-2H3. The Hall–Kier alpha value is -1.16. The molecule has 2 aromatic rings. The van der Waals surface area contributed by atoms with Crippen LogP contribution in [0.3, 0.4) is 0 Å². The van der Waals surface area contributed by atoms with Crippen LogP contribution in [-0.2, 0) is 13.1 Å². The summed E-state index contributed by atoms with van der Waals surface area (Å²) in [5.74, 6) is 0. The molecule has 1 N–H and O–H groups in total. The molecule has 0 aliphatic heterocycles. The van der Waals surface area contributed by atoms with Gasteiger partial charge in [-0.2, -0.15) is 0 Å². The third-order valence-electron chi connectivity index (χ3n) is 3.08. The van der Waals surface area contributed by atoms with Crippen molar-refractivity contribution in [2.24, 2.45) is 0 Å². The maximum Gasteiger partial charge on any atom is 0.0300 e. The minimum Gasteiger partial charge on any atom is -0.311 e. The Morgan fingerprint density at radius 2 is 2.11 bits per heavy atom. The van der Waals surface area contributed by atoms with Crippen molar-refractivity contribution in [1.82, 2.24) is 10.2 Å². The minimum atomic E-state index is 0.982. The Labute approximate surface area is 120 Å². The Balaban J connectivity index is 1.65. The Bertz CT molecular complexity index is 479. The number of nitrogens with one attached hydrogen (secondary N) is 1. The Morgan fingerprint density at radius 1 is 1.21 bits per heavy atom. The number of nitrogens with zero attached hydrogens (tertiary/aromatic N) is 1. The van der Waals surface area contributed by atoms with Crippen molar-refractivity contribution in [3.8, 4) is 0 Å². The fourth-order valence-corrected chi connectivity index (χ4v) is 2.77. The third kappa shape index (κ3) is 5.15. The van der Waals surface area contributed by atoms with Crippen LogP contribution in [0.5, 0.6) is 0 Å². The van der Waals surface area contributed by atoms with Gasteiger partial charge in [-0.15, -0.1) is 11.3 Å². The number of hydrogen-bond donors (Lipinski definition) is 1. The highest BCUT2D eigenvalue weighted by Gasteiger charge is 2.00. The third-order valence-corrected chi connectivity index (χ3v) is 3.96. The van der Waals surface area contributed by atoms with Crippen LogP contribution < -0.4 is 5.32 Å². The molecule has 0 spiro atoms. The van der Waals surface area contributed by atoms with E-state index in [-0.39, 0.29) is 0 Å². The predicted molar refractivity (Wildman–Crippen MR) is 83.5 cm³/mol. The number of hydrogen-bond acceptors (Lipinski definition) is 3. The van der Waals surface area contributed by atoms with E-state index >= 15 is 0 Å². The van der Waals surface area contributed by atoms with Gasteiger partial charge in [0.15, 0.2) is 0 Å². The first-order chi connectivity index (χ1) is 9.24. The van der Waals surface area contributed by atoms with Crippen LogP contribution in [0.4, 0.5) is 0 Å². The number of benzene rings is 1. The molecule has 0 bridgehead atoms. The van der Waals surface area contributed by atoms with Crippen LogP contribution in [-0.4, -0.2) is 25.0 Å². The second-order valence-electron chi connectivity index (χ2n) is 4.98. The SMILES string of the molecule is Cc1cccc(CN(C)CCNCc2cccs2)c1.